The molecule has 2 atom stereocenters. The summed E-state index contributed by atoms with van der Waals surface area (Å²) in [5.41, 5.74) is 1.90. The fourth-order valence-electron chi connectivity index (χ4n) is 3.28. The van der Waals surface area contributed by atoms with Gasteiger partial charge in [0.15, 0.2) is 6.61 Å². The number of nitrogens with zero attached hydrogens (tertiary/aromatic N) is 1. The van der Waals surface area contributed by atoms with E-state index in [1.54, 1.807) is 29.2 Å². The van der Waals surface area contributed by atoms with Crippen molar-refractivity contribution in [3.63, 3.8) is 0 Å². The number of nitrogens with one attached hydrogen (secondary N) is 1. The maximum absolute atomic E-state index is 12.4. The van der Waals surface area contributed by atoms with Gasteiger partial charge in [-0.1, -0.05) is 54.1 Å². The van der Waals surface area contributed by atoms with Crippen molar-refractivity contribution in [3.8, 4) is 0 Å². The lowest BCUT2D eigenvalue weighted by atomic mass is 10.1. The first-order valence-electron chi connectivity index (χ1n) is 9.46. The molecule has 0 aromatic heterocycles. The molecule has 152 valence electrons. The number of rotatable bonds is 7. The summed E-state index contributed by atoms with van der Waals surface area (Å²) < 4.78 is 5.13. The van der Waals surface area contributed by atoms with Crippen LogP contribution in [-0.4, -0.2) is 35.8 Å². The van der Waals surface area contributed by atoms with Crippen LogP contribution in [0.15, 0.2) is 54.6 Å². The summed E-state index contributed by atoms with van der Waals surface area (Å²) in [4.78, 5) is 38.3. The molecule has 0 radical (unpaired) electrons. The lowest BCUT2D eigenvalue weighted by Crippen LogP contribution is -2.32. The minimum absolute atomic E-state index is 0.0875. The van der Waals surface area contributed by atoms with Crippen molar-refractivity contribution in [2.75, 3.05) is 13.2 Å². The molecule has 0 saturated carbocycles. The third kappa shape index (κ3) is 5.57. The molecule has 2 aromatic rings. The zero-order valence-corrected chi connectivity index (χ0v) is 16.9. The van der Waals surface area contributed by atoms with Crippen LogP contribution in [0.1, 0.15) is 30.5 Å². The minimum atomic E-state index is -0.558. The second kappa shape index (κ2) is 9.56. The Labute approximate surface area is 174 Å². The van der Waals surface area contributed by atoms with Crippen molar-refractivity contribution in [2.24, 2.45) is 5.92 Å². The van der Waals surface area contributed by atoms with Crippen LogP contribution in [-0.2, 0) is 25.7 Å². The molecule has 2 amide bonds. The van der Waals surface area contributed by atoms with Crippen molar-refractivity contribution in [1.82, 2.24) is 10.2 Å². The number of carbonyl (C=O) groups is 3. The number of benzene rings is 2. The summed E-state index contributed by atoms with van der Waals surface area (Å²) in [6.07, 6.45) is 0.0996. The van der Waals surface area contributed by atoms with E-state index in [1.807, 2.05) is 37.3 Å². The van der Waals surface area contributed by atoms with Gasteiger partial charge in [0.05, 0.1) is 12.0 Å². The number of carbonyl (C=O) groups excluding carboxylic acids is 3. The standard InChI is InChI=1S/C22H23ClN2O4/c1-15(17-5-3-2-4-6-17)25-13-18(11-21(25)27)22(28)29-14-20(26)24-12-16-7-9-19(23)10-8-16/h2-10,15,18H,11-14H2,1H3,(H,24,26)/t15-,18+/m1/s1. The van der Waals surface area contributed by atoms with Crippen molar-refractivity contribution >= 4 is 29.4 Å². The second-order valence-electron chi connectivity index (χ2n) is 7.04. The highest BCUT2D eigenvalue weighted by molar-refractivity contribution is 6.30. The van der Waals surface area contributed by atoms with Gasteiger partial charge in [0.1, 0.15) is 0 Å². The molecule has 1 fully saturated rings. The summed E-state index contributed by atoms with van der Waals surface area (Å²) in [6.45, 7) is 2.18. The number of hydrogen-bond donors (Lipinski definition) is 1. The van der Waals surface area contributed by atoms with Crippen LogP contribution in [0.3, 0.4) is 0 Å². The third-order valence-electron chi connectivity index (χ3n) is 4.99. The maximum atomic E-state index is 12.4. The molecule has 0 spiro atoms. The van der Waals surface area contributed by atoms with E-state index in [9.17, 15) is 14.4 Å². The molecule has 3 rings (SSSR count). The first-order chi connectivity index (χ1) is 13.9. The normalized spacial score (nSPS) is 17.1. The molecular weight excluding hydrogens is 392 g/mol. The topological polar surface area (TPSA) is 75.7 Å². The van der Waals surface area contributed by atoms with Gasteiger partial charge in [0.25, 0.3) is 5.91 Å². The van der Waals surface area contributed by atoms with Crippen LogP contribution in [0.2, 0.25) is 5.02 Å². The molecule has 6 nitrogen and oxygen atoms in total. The molecule has 7 heteroatoms. The monoisotopic (exact) mass is 414 g/mol. The Balaban J connectivity index is 1.45. The van der Waals surface area contributed by atoms with Gasteiger partial charge < -0.3 is 15.0 Å². The first-order valence-corrected chi connectivity index (χ1v) is 9.84. The van der Waals surface area contributed by atoms with E-state index >= 15 is 0 Å². The molecule has 0 aliphatic carbocycles. The Morgan fingerprint density at radius 2 is 1.86 bits per heavy atom. The number of esters is 1. The fraction of sp³-hybridized carbons (Fsp3) is 0.318. The van der Waals surface area contributed by atoms with Gasteiger partial charge in [-0.05, 0) is 30.2 Å². The van der Waals surface area contributed by atoms with Gasteiger partial charge in [0.2, 0.25) is 5.91 Å². The zero-order chi connectivity index (χ0) is 20.8. The van der Waals surface area contributed by atoms with Gasteiger partial charge in [-0.2, -0.15) is 0 Å². The summed E-state index contributed by atoms with van der Waals surface area (Å²) in [7, 11) is 0. The quantitative estimate of drug-likeness (QED) is 0.706. The van der Waals surface area contributed by atoms with E-state index < -0.39 is 17.8 Å². The Morgan fingerprint density at radius 3 is 2.55 bits per heavy atom. The Morgan fingerprint density at radius 1 is 1.17 bits per heavy atom. The highest BCUT2D eigenvalue weighted by Gasteiger charge is 2.38. The van der Waals surface area contributed by atoms with Crippen molar-refractivity contribution < 1.29 is 19.1 Å². The van der Waals surface area contributed by atoms with E-state index in [-0.39, 0.29) is 25.0 Å². The van der Waals surface area contributed by atoms with Gasteiger partial charge in [-0.25, -0.2) is 0 Å². The van der Waals surface area contributed by atoms with E-state index in [1.165, 1.54) is 0 Å². The van der Waals surface area contributed by atoms with Crippen LogP contribution in [0.25, 0.3) is 0 Å². The number of amides is 2. The summed E-state index contributed by atoms with van der Waals surface area (Å²) in [6, 6.07) is 16.6. The molecule has 2 aromatic carbocycles. The predicted molar refractivity (Wildman–Crippen MR) is 109 cm³/mol. The fourth-order valence-corrected chi connectivity index (χ4v) is 3.41. The first kappa shape index (κ1) is 20.9. The highest BCUT2D eigenvalue weighted by Crippen LogP contribution is 2.28. The minimum Gasteiger partial charge on any atom is -0.455 e. The van der Waals surface area contributed by atoms with Gasteiger partial charge in [-0.3, -0.25) is 14.4 Å². The number of likely N-dealkylation sites (tertiary alicyclic amines) is 1. The molecule has 1 aliphatic heterocycles. The van der Waals surface area contributed by atoms with Crippen molar-refractivity contribution in [3.05, 3.63) is 70.7 Å². The number of hydrogen-bond acceptors (Lipinski definition) is 4. The zero-order valence-electron chi connectivity index (χ0n) is 16.1. The summed E-state index contributed by atoms with van der Waals surface area (Å²) >= 11 is 5.82. The van der Waals surface area contributed by atoms with Gasteiger partial charge in [-0.15, -0.1) is 0 Å². The van der Waals surface area contributed by atoms with Crippen LogP contribution in [0.4, 0.5) is 0 Å². The molecule has 29 heavy (non-hydrogen) atoms. The Kier molecular flexibility index (Phi) is 6.88. The van der Waals surface area contributed by atoms with E-state index in [0.717, 1.165) is 11.1 Å². The largest absolute Gasteiger partial charge is 0.455 e. The predicted octanol–water partition coefficient (Wildman–Crippen LogP) is 3.11. The van der Waals surface area contributed by atoms with E-state index in [2.05, 4.69) is 5.32 Å². The maximum Gasteiger partial charge on any atom is 0.311 e. The Bertz CT molecular complexity index is 870. The molecule has 1 N–H and O–H groups in total. The molecule has 1 aliphatic rings. The molecule has 1 saturated heterocycles. The molecule has 1 heterocycles. The average Bonchev–Trinajstić information content (AvgIpc) is 3.13. The number of halogens is 1. The van der Waals surface area contributed by atoms with Crippen LogP contribution in [0, 0.1) is 5.92 Å². The summed E-state index contributed by atoms with van der Waals surface area (Å²) in [5.74, 6) is -1.57. The van der Waals surface area contributed by atoms with Crippen LogP contribution >= 0.6 is 11.6 Å². The SMILES string of the molecule is C[C@H](c1ccccc1)N1C[C@@H](C(=O)OCC(=O)NCc2ccc(Cl)cc2)CC1=O. The Hall–Kier alpha value is -2.86. The third-order valence-corrected chi connectivity index (χ3v) is 5.24. The van der Waals surface area contributed by atoms with E-state index in [4.69, 9.17) is 16.3 Å². The van der Waals surface area contributed by atoms with Crippen LogP contribution in [0.5, 0.6) is 0 Å². The van der Waals surface area contributed by atoms with Crippen molar-refractivity contribution in [2.45, 2.75) is 25.9 Å². The lowest BCUT2D eigenvalue weighted by molar-refractivity contribution is -0.152. The second-order valence-corrected chi connectivity index (χ2v) is 7.48. The van der Waals surface area contributed by atoms with Crippen molar-refractivity contribution in [1.29, 1.82) is 0 Å². The van der Waals surface area contributed by atoms with Crippen LogP contribution < -0.4 is 5.32 Å². The van der Waals surface area contributed by atoms with Gasteiger partial charge >= 0.3 is 5.97 Å². The number of ether oxygens (including phenoxy) is 1. The smallest absolute Gasteiger partial charge is 0.311 e. The molecule has 0 bridgehead atoms. The molecule has 0 unspecified atom stereocenters. The highest BCUT2D eigenvalue weighted by atomic mass is 35.5. The molecular formula is C22H23ClN2O4. The average molecular weight is 415 g/mol. The lowest BCUT2D eigenvalue weighted by Gasteiger charge is -2.25. The summed E-state index contributed by atoms with van der Waals surface area (Å²) in [5, 5.41) is 3.31. The van der Waals surface area contributed by atoms with Gasteiger partial charge in [0, 0.05) is 24.5 Å². The van der Waals surface area contributed by atoms with E-state index in [0.29, 0.717) is 18.1 Å².